The van der Waals surface area contributed by atoms with Gasteiger partial charge in [-0.15, -0.1) is 11.6 Å². The van der Waals surface area contributed by atoms with E-state index in [2.05, 4.69) is 0 Å². The normalized spacial score (nSPS) is 47.4. The number of esters is 1. The molecule has 0 bridgehead atoms. The van der Waals surface area contributed by atoms with E-state index in [1.165, 1.54) is 19.1 Å². The Morgan fingerprint density at radius 3 is 2.59 bits per heavy atom. The molecule has 0 aromatic rings. The first-order chi connectivity index (χ1) is 15.8. The Morgan fingerprint density at radius 2 is 1.97 bits per heavy atom. The number of alkyl halides is 3. The molecule has 188 valence electrons. The molecule has 4 rings (SSSR count). The molecule has 0 aliphatic heterocycles. The molecule has 0 heterocycles. The Labute approximate surface area is 207 Å². The lowest BCUT2D eigenvalue weighted by atomic mass is 9.44. The smallest absolute Gasteiger partial charge is 0.306 e. The molecule has 4 aliphatic carbocycles. The van der Waals surface area contributed by atoms with Gasteiger partial charge >= 0.3 is 5.97 Å². The third-order valence-electron chi connectivity index (χ3n) is 9.22. The van der Waals surface area contributed by atoms with E-state index in [0.29, 0.717) is 6.42 Å². The number of carbonyl (C=O) groups excluding carboxylic acids is 3. The topological polar surface area (TPSA) is 80.7 Å². The molecular weight excluding hydrogens is 486 g/mol. The number of thioether (sulfide) groups is 1. The van der Waals surface area contributed by atoms with E-state index < -0.39 is 69.0 Å². The fourth-order valence-corrected chi connectivity index (χ4v) is 8.71. The van der Waals surface area contributed by atoms with Gasteiger partial charge in [-0.1, -0.05) is 38.6 Å². The van der Waals surface area contributed by atoms with Gasteiger partial charge in [0.15, 0.2) is 17.1 Å². The van der Waals surface area contributed by atoms with Gasteiger partial charge in [-0.05, 0) is 49.8 Å². The molecule has 4 aliphatic rings. The quantitative estimate of drug-likeness (QED) is 0.431. The Kier molecular flexibility index (Phi) is 6.39. The van der Waals surface area contributed by atoms with Crippen molar-refractivity contribution in [1.82, 2.24) is 0 Å². The number of allylic oxidation sites excluding steroid dienone is 4. The van der Waals surface area contributed by atoms with E-state index in [-0.39, 0.29) is 30.0 Å². The molecule has 34 heavy (non-hydrogen) atoms. The lowest BCUT2D eigenvalue weighted by Crippen LogP contribution is -2.70. The van der Waals surface area contributed by atoms with E-state index in [9.17, 15) is 19.5 Å². The minimum Gasteiger partial charge on any atom is -0.449 e. The maximum Gasteiger partial charge on any atom is 0.306 e. The first-order valence-electron chi connectivity index (χ1n) is 11.7. The molecule has 5 unspecified atom stereocenters. The molecule has 0 aromatic heterocycles. The molecule has 9 atom stereocenters. The number of halogens is 3. The van der Waals surface area contributed by atoms with Gasteiger partial charge in [0, 0.05) is 29.1 Å². The van der Waals surface area contributed by atoms with Crippen LogP contribution < -0.4 is 0 Å². The fraction of sp³-hybridized carbons (Fsp3) is 0.720. The van der Waals surface area contributed by atoms with Crippen molar-refractivity contribution in [2.24, 2.45) is 28.6 Å². The zero-order valence-electron chi connectivity index (χ0n) is 19.8. The zero-order valence-corrected chi connectivity index (χ0v) is 21.3. The van der Waals surface area contributed by atoms with Crippen molar-refractivity contribution in [3.05, 3.63) is 23.8 Å². The van der Waals surface area contributed by atoms with Crippen molar-refractivity contribution >= 4 is 40.2 Å². The molecule has 0 aromatic carbocycles. The molecule has 0 spiro atoms. The second-order valence-corrected chi connectivity index (χ2v) is 12.1. The van der Waals surface area contributed by atoms with E-state index in [1.54, 1.807) is 20.8 Å². The predicted octanol–water partition coefficient (Wildman–Crippen LogP) is 4.70. The van der Waals surface area contributed by atoms with Crippen molar-refractivity contribution in [2.75, 3.05) is 5.21 Å². The van der Waals surface area contributed by atoms with Crippen molar-refractivity contribution < 1.29 is 33.0 Å². The third-order valence-corrected chi connectivity index (χ3v) is 10.2. The lowest BCUT2D eigenvalue weighted by molar-refractivity contribution is -0.228. The van der Waals surface area contributed by atoms with Crippen molar-refractivity contribution in [3.63, 3.8) is 0 Å². The van der Waals surface area contributed by atoms with Gasteiger partial charge < -0.3 is 9.84 Å². The van der Waals surface area contributed by atoms with E-state index in [1.807, 2.05) is 0 Å². The molecule has 3 saturated carbocycles. The Bertz CT molecular complexity index is 986. The highest BCUT2D eigenvalue weighted by atomic mass is 35.5. The summed E-state index contributed by atoms with van der Waals surface area (Å²) in [6.07, 6.45) is 0.613. The maximum absolute atomic E-state index is 17.3. The summed E-state index contributed by atoms with van der Waals surface area (Å²) in [5.74, 6) is -2.95. The van der Waals surface area contributed by atoms with Gasteiger partial charge in [0.25, 0.3) is 0 Å². The second kappa shape index (κ2) is 8.41. The summed E-state index contributed by atoms with van der Waals surface area (Å²) in [4.78, 5) is 38.0. The molecule has 5 nitrogen and oxygen atoms in total. The summed E-state index contributed by atoms with van der Waals surface area (Å²) < 4.78 is 38.7. The molecule has 0 radical (unpaired) electrons. The summed E-state index contributed by atoms with van der Waals surface area (Å²) in [6.45, 7) is 6.69. The highest BCUT2D eigenvalue weighted by Crippen LogP contribution is 2.72. The lowest BCUT2D eigenvalue weighted by Gasteiger charge is -2.63. The Hall–Kier alpha value is -1.25. The molecule has 1 N–H and O–H groups in total. The van der Waals surface area contributed by atoms with Crippen LogP contribution in [0.4, 0.5) is 8.78 Å². The van der Waals surface area contributed by atoms with Gasteiger partial charge in [-0.2, -0.15) is 0 Å². The Morgan fingerprint density at radius 1 is 1.29 bits per heavy atom. The fourth-order valence-electron chi connectivity index (χ4n) is 7.63. The van der Waals surface area contributed by atoms with Gasteiger partial charge in [-0.25, -0.2) is 8.78 Å². The van der Waals surface area contributed by atoms with Gasteiger partial charge in [-0.3, -0.25) is 14.4 Å². The monoisotopic (exact) mass is 516 g/mol. The average Bonchev–Trinajstić information content (AvgIpc) is 2.99. The molecule has 0 saturated heterocycles. The van der Waals surface area contributed by atoms with Crippen molar-refractivity contribution in [1.29, 1.82) is 0 Å². The van der Waals surface area contributed by atoms with Crippen LogP contribution in [0.3, 0.4) is 0 Å². The summed E-state index contributed by atoms with van der Waals surface area (Å²) >= 11 is 6.69. The highest BCUT2D eigenvalue weighted by molar-refractivity contribution is 8.14. The van der Waals surface area contributed by atoms with Crippen LogP contribution in [0, 0.1) is 28.6 Å². The van der Waals surface area contributed by atoms with Gasteiger partial charge in [0.05, 0.1) is 11.3 Å². The molecule has 9 heteroatoms. The van der Waals surface area contributed by atoms with Crippen LogP contribution in [-0.4, -0.2) is 50.7 Å². The largest absolute Gasteiger partial charge is 0.449 e. The standard InChI is InChI=1S/C25H31ClF2O5S/c1-5-20(31)33-25(21(32)34-12-26)13(2)8-15-16-10-18(27)17-9-14(29)6-7-22(17,3)24(16,28)19(30)11-23(15,25)4/h6-7,9,13,15-16,18-19,30H,5,8,10-12H2,1-4H3/t13-,15?,16?,18-,19?,22?,23?,24-,25-/m1/s1. The average molecular weight is 517 g/mol. The van der Waals surface area contributed by atoms with Crippen LogP contribution in [0.15, 0.2) is 23.8 Å². The van der Waals surface area contributed by atoms with Gasteiger partial charge in [0.1, 0.15) is 6.17 Å². The van der Waals surface area contributed by atoms with E-state index in [0.717, 1.165) is 17.8 Å². The van der Waals surface area contributed by atoms with Crippen molar-refractivity contribution in [3.8, 4) is 0 Å². The second-order valence-electron chi connectivity index (χ2n) is 10.6. The van der Waals surface area contributed by atoms with Crippen LogP contribution in [0.5, 0.6) is 0 Å². The Balaban J connectivity index is 1.87. The number of ether oxygens (including phenoxy) is 1. The first kappa shape index (κ1) is 25.8. The SMILES string of the molecule is CCC(=O)O[C@@]1(C(=O)SCCl)[C@H](C)CC2C3C[C@@H](F)C4=CC(=O)C=CC4(C)[C@]3(F)C(O)CC21C. The molecule has 0 amide bonds. The van der Waals surface area contributed by atoms with Crippen LogP contribution >= 0.6 is 23.4 Å². The number of hydrogen-bond donors (Lipinski definition) is 1. The van der Waals surface area contributed by atoms with Crippen LogP contribution in [0.1, 0.15) is 53.4 Å². The summed E-state index contributed by atoms with van der Waals surface area (Å²) in [7, 11) is 0. The van der Waals surface area contributed by atoms with Gasteiger partial charge in [0.2, 0.25) is 5.12 Å². The summed E-state index contributed by atoms with van der Waals surface area (Å²) in [5, 5.41) is 11.0. The van der Waals surface area contributed by atoms with Crippen LogP contribution in [-0.2, 0) is 19.1 Å². The molecular formula is C25H31ClF2O5S. The zero-order chi connectivity index (χ0) is 25.3. The number of aliphatic hydroxyl groups excluding tert-OH is 1. The number of carbonyl (C=O) groups is 3. The van der Waals surface area contributed by atoms with Crippen molar-refractivity contribution in [2.45, 2.75) is 76.9 Å². The minimum atomic E-state index is -2.25. The number of hydrogen-bond acceptors (Lipinski definition) is 6. The number of fused-ring (bicyclic) bond motifs is 5. The maximum atomic E-state index is 17.3. The number of ketones is 1. The van der Waals surface area contributed by atoms with E-state index >= 15 is 8.78 Å². The first-order valence-corrected chi connectivity index (χ1v) is 13.3. The highest BCUT2D eigenvalue weighted by Gasteiger charge is 2.78. The third kappa shape index (κ3) is 3.10. The summed E-state index contributed by atoms with van der Waals surface area (Å²) in [5.41, 5.74) is -6.46. The summed E-state index contributed by atoms with van der Waals surface area (Å²) in [6, 6.07) is 0. The predicted molar refractivity (Wildman–Crippen MR) is 126 cm³/mol. The van der Waals surface area contributed by atoms with Crippen LogP contribution in [0.2, 0.25) is 0 Å². The minimum absolute atomic E-state index is 0.0462. The molecule has 3 fully saturated rings. The van der Waals surface area contributed by atoms with E-state index in [4.69, 9.17) is 16.3 Å². The number of rotatable bonds is 4. The number of aliphatic hydroxyl groups is 1. The van der Waals surface area contributed by atoms with Crippen LogP contribution in [0.25, 0.3) is 0 Å².